The Bertz CT molecular complexity index is 1290. The minimum absolute atomic E-state index is 0.0462. The fourth-order valence-electron chi connectivity index (χ4n) is 3.15. The van der Waals surface area contributed by atoms with Crippen molar-refractivity contribution in [2.75, 3.05) is 25.5 Å². The van der Waals surface area contributed by atoms with Crippen molar-refractivity contribution >= 4 is 38.9 Å². The van der Waals surface area contributed by atoms with E-state index in [-0.39, 0.29) is 28.4 Å². The van der Waals surface area contributed by atoms with Crippen LogP contribution in [0.2, 0.25) is 0 Å². The van der Waals surface area contributed by atoms with Crippen molar-refractivity contribution in [2.24, 2.45) is 0 Å². The third kappa shape index (κ3) is 5.51. The van der Waals surface area contributed by atoms with Crippen LogP contribution in [0.15, 0.2) is 90.9 Å². The molecule has 3 rings (SSSR count). The van der Waals surface area contributed by atoms with Crippen LogP contribution in [0.1, 0.15) is 20.0 Å². The smallest absolute Gasteiger partial charge is 0.350 e. The molecule has 0 fully saturated rings. The summed E-state index contributed by atoms with van der Waals surface area (Å²) in [5, 5.41) is 2.74. The first-order valence-electron chi connectivity index (χ1n) is 10.2. The summed E-state index contributed by atoms with van der Waals surface area (Å²) in [6, 6.07) is 16.7. The minimum atomic E-state index is -3.78. The third-order valence-corrected chi connectivity index (χ3v) is 7.84. The largest absolute Gasteiger partial charge is 0.465 e. The van der Waals surface area contributed by atoms with Gasteiger partial charge < -0.3 is 10.1 Å². The van der Waals surface area contributed by atoms with Crippen molar-refractivity contribution < 1.29 is 22.7 Å². The highest BCUT2D eigenvalue weighted by Gasteiger charge is 2.23. The summed E-state index contributed by atoms with van der Waals surface area (Å²) in [4.78, 5) is 26.3. The average Bonchev–Trinajstić information content (AvgIpc) is 3.27. The molecule has 176 valence electrons. The zero-order valence-electron chi connectivity index (χ0n) is 18.6. The predicted molar refractivity (Wildman–Crippen MR) is 135 cm³/mol. The fourth-order valence-corrected chi connectivity index (χ4v) is 5.57. The number of nitrogens with one attached hydrogen (secondary N) is 1. The lowest BCUT2D eigenvalue weighted by molar-refractivity contribution is 0.0607. The highest BCUT2D eigenvalue weighted by molar-refractivity contribution is 7.89. The van der Waals surface area contributed by atoms with Crippen molar-refractivity contribution in [3.8, 4) is 10.4 Å². The number of hydrogen-bond acceptors (Lipinski definition) is 6. The van der Waals surface area contributed by atoms with Crippen molar-refractivity contribution in [2.45, 2.75) is 4.90 Å². The summed E-state index contributed by atoms with van der Waals surface area (Å²) < 4.78 is 31.8. The molecular formula is C25H24N2O5S2. The van der Waals surface area contributed by atoms with Gasteiger partial charge in [-0.3, -0.25) is 4.79 Å². The number of rotatable bonds is 10. The molecular weight excluding hydrogens is 472 g/mol. The Kier molecular flexibility index (Phi) is 8.17. The Balaban J connectivity index is 1.86. The number of hydrogen-bond donors (Lipinski definition) is 1. The Labute approximate surface area is 203 Å². The topological polar surface area (TPSA) is 92.8 Å². The second kappa shape index (κ2) is 11.1. The van der Waals surface area contributed by atoms with E-state index < -0.39 is 21.9 Å². The van der Waals surface area contributed by atoms with E-state index in [0.29, 0.717) is 5.69 Å². The summed E-state index contributed by atoms with van der Waals surface area (Å²) in [7, 11) is -2.50. The molecule has 0 saturated heterocycles. The van der Waals surface area contributed by atoms with E-state index in [0.717, 1.165) is 10.4 Å². The van der Waals surface area contributed by atoms with Gasteiger partial charge >= 0.3 is 5.97 Å². The van der Waals surface area contributed by atoms with Crippen LogP contribution in [0.4, 0.5) is 5.69 Å². The van der Waals surface area contributed by atoms with Crippen molar-refractivity contribution in [1.82, 2.24) is 4.31 Å². The fraction of sp³-hybridized carbons (Fsp3) is 0.120. The maximum absolute atomic E-state index is 12.9. The number of methoxy groups -OCH3 is 1. The van der Waals surface area contributed by atoms with E-state index in [2.05, 4.69) is 18.5 Å². The standard InChI is InChI=1S/C25H24N2O5S2/c1-4-15-27(16-5-2)34(30,31)20-13-11-19(12-14-20)24(28)26-21-17-22(18-9-7-6-8-10-18)33-23(21)25(29)32-3/h4-14,17H,1-2,15-16H2,3H3,(H,26,28). The number of sulfonamides is 1. The number of thiophene rings is 1. The molecule has 1 amide bonds. The second-order valence-electron chi connectivity index (χ2n) is 7.09. The van der Waals surface area contributed by atoms with Crippen molar-refractivity contribution in [3.05, 3.63) is 96.4 Å². The molecule has 0 aliphatic carbocycles. The normalized spacial score (nSPS) is 11.1. The molecule has 7 nitrogen and oxygen atoms in total. The van der Waals surface area contributed by atoms with Gasteiger partial charge in [-0.2, -0.15) is 4.31 Å². The van der Waals surface area contributed by atoms with Crippen LogP contribution in [0.3, 0.4) is 0 Å². The number of ether oxygens (including phenoxy) is 1. The Morgan fingerprint density at radius 2 is 1.65 bits per heavy atom. The molecule has 0 aliphatic heterocycles. The second-order valence-corrected chi connectivity index (χ2v) is 10.1. The van der Waals surface area contributed by atoms with Gasteiger partial charge in [-0.25, -0.2) is 13.2 Å². The lowest BCUT2D eigenvalue weighted by atomic mass is 10.2. The highest BCUT2D eigenvalue weighted by atomic mass is 32.2. The van der Waals surface area contributed by atoms with Crippen LogP contribution < -0.4 is 5.32 Å². The van der Waals surface area contributed by atoms with E-state index >= 15 is 0 Å². The van der Waals surface area contributed by atoms with Gasteiger partial charge in [0.05, 0.1) is 17.7 Å². The zero-order chi connectivity index (χ0) is 24.7. The summed E-state index contributed by atoms with van der Waals surface area (Å²) in [5.74, 6) is -1.05. The molecule has 3 aromatic rings. The van der Waals surface area contributed by atoms with Gasteiger partial charge in [0, 0.05) is 23.5 Å². The molecule has 1 heterocycles. The molecule has 34 heavy (non-hydrogen) atoms. The monoisotopic (exact) mass is 496 g/mol. The number of carbonyl (C=O) groups is 2. The summed E-state index contributed by atoms with van der Waals surface area (Å²) in [6.45, 7) is 7.44. The van der Waals surface area contributed by atoms with Gasteiger partial charge in [0.1, 0.15) is 4.88 Å². The molecule has 1 N–H and O–H groups in total. The molecule has 0 saturated carbocycles. The van der Waals surface area contributed by atoms with E-state index in [1.54, 1.807) is 6.07 Å². The summed E-state index contributed by atoms with van der Waals surface area (Å²) >= 11 is 1.21. The summed E-state index contributed by atoms with van der Waals surface area (Å²) in [5.41, 5.74) is 1.46. The van der Waals surface area contributed by atoms with Crippen LogP contribution in [0.5, 0.6) is 0 Å². The lowest BCUT2D eigenvalue weighted by Crippen LogP contribution is -2.31. The zero-order valence-corrected chi connectivity index (χ0v) is 20.2. The molecule has 0 atom stereocenters. The molecule has 2 aromatic carbocycles. The summed E-state index contributed by atoms with van der Waals surface area (Å²) in [6.07, 6.45) is 2.98. The number of benzene rings is 2. The predicted octanol–water partition coefficient (Wildman–Crippen LogP) is 4.82. The molecule has 0 unspecified atom stereocenters. The first-order valence-corrected chi connectivity index (χ1v) is 12.5. The molecule has 0 aliphatic rings. The van der Waals surface area contributed by atoms with Crippen LogP contribution in [-0.4, -0.2) is 44.8 Å². The van der Waals surface area contributed by atoms with Gasteiger partial charge in [-0.1, -0.05) is 42.5 Å². The maximum atomic E-state index is 12.9. The highest BCUT2D eigenvalue weighted by Crippen LogP contribution is 2.35. The Morgan fingerprint density at radius 3 is 2.21 bits per heavy atom. The Morgan fingerprint density at radius 1 is 1.03 bits per heavy atom. The molecule has 0 radical (unpaired) electrons. The molecule has 9 heteroatoms. The molecule has 0 spiro atoms. The van der Waals surface area contributed by atoms with Crippen molar-refractivity contribution in [1.29, 1.82) is 0 Å². The minimum Gasteiger partial charge on any atom is -0.465 e. The average molecular weight is 497 g/mol. The number of amides is 1. The van der Waals surface area contributed by atoms with E-state index in [4.69, 9.17) is 4.74 Å². The quantitative estimate of drug-likeness (QED) is 0.321. The van der Waals surface area contributed by atoms with E-state index in [1.807, 2.05) is 30.3 Å². The van der Waals surface area contributed by atoms with Gasteiger partial charge in [0.2, 0.25) is 10.0 Å². The van der Waals surface area contributed by atoms with Crippen LogP contribution in [0.25, 0.3) is 10.4 Å². The number of anilines is 1. The van der Waals surface area contributed by atoms with Gasteiger partial charge in [-0.05, 0) is 35.9 Å². The lowest BCUT2D eigenvalue weighted by Gasteiger charge is -2.19. The van der Waals surface area contributed by atoms with Crippen molar-refractivity contribution in [3.63, 3.8) is 0 Å². The third-order valence-electron chi connectivity index (χ3n) is 4.83. The van der Waals surface area contributed by atoms with Crippen LogP contribution >= 0.6 is 11.3 Å². The van der Waals surface area contributed by atoms with E-state index in [9.17, 15) is 18.0 Å². The van der Waals surface area contributed by atoms with Crippen LogP contribution in [-0.2, 0) is 14.8 Å². The van der Waals surface area contributed by atoms with Gasteiger partial charge in [0.25, 0.3) is 5.91 Å². The first kappa shape index (κ1) is 25.1. The molecule has 1 aromatic heterocycles. The molecule has 0 bridgehead atoms. The number of esters is 1. The number of carbonyl (C=O) groups excluding carboxylic acids is 2. The maximum Gasteiger partial charge on any atom is 0.350 e. The Hall–Kier alpha value is -3.53. The number of nitrogens with zero attached hydrogens (tertiary/aromatic N) is 1. The SMILES string of the molecule is C=CCN(CC=C)S(=O)(=O)c1ccc(C(=O)Nc2cc(-c3ccccc3)sc2C(=O)OC)cc1. The van der Waals surface area contributed by atoms with Gasteiger partial charge in [-0.15, -0.1) is 24.5 Å². The van der Waals surface area contributed by atoms with Crippen LogP contribution in [0, 0.1) is 0 Å². The van der Waals surface area contributed by atoms with E-state index in [1.165, 1.54) is 59.2 Å². The first-order chi connectivity index (χ1) is 16.3. The van der Waals surface area contributed by atoms with Gasteiger partial charge in [0.15, 0.2) is 0 Å².